The van der Waals surface area contributed by atoms with E-state index in [0.29, 0.717) is 37.1 Å². The minimum atomic E-state index is -0.278. The lowest BCUT2D eigenvalue weighted by atomic mass is 9.95. The van der Waals surface area contributed by atoms with E-state index in [2.05, 4.69) is 31.0 Å². The Balaban J connectivity index is 1.80. The molecule has 3 aromatic rings. The third-order valence-electron chi connectivity index (χ3n) is 6.13. The maximum atomic E-state index is 13.5. The third kappa shape index (κ3) is 4.99. The second-order valence-corrected chi connectivity index (χ2v) is 9.18. The van der Waals surface area contributed by atoms with Crippen LogP contribution >= 0.6 is 0 Å². The summed E-state index contributed by atoms with van der Waals surface area (Å²) >= 11 is 0. The predicted molar refractivity (Wildman–Crippen MR) is 136 cm³/mol. The van der Waals surface area contributed by atoms with Crippen molar-refractivity contribution in [2.45, 2.75) is 46.6 Å². The fourth-order valence-corrected chi connectivity index (χ4v) is 4.50. The van der Waals surface area contributed by atoms with Gasteiger partial charge >= 0.3 is 0 Å². The number of methoxy groups -OCH3 is 1. The molecule has 0 fully saturated rings. The smallest absolute Gasteiger partial charge is 0.273 e. The number of hydrogen-bond donors (Lipinski definition) is 1. The quantitative estimate of drug-likeness (QED) is 0.350. The molecule has 1 N–H and O–H groups in total. The first-order valence-corrected chi connectivity index (χ1v) is 12.4. The molecule has 1 aromatic heterocycles. The number of fused-ring (bicyclic) bond motifs is 1. The molecule has 1 unspecified atom stereocenters. The van der Waals surface area contributed by atoms with Gasteiger partial charge in [-0.25, -0.2) is 0 Å². The Hall–Kier alpha value is -3.48. The van der Waals surface area contributed by atoms with Crippen molar-refractivity contribution in [2.75, 3.05) is 26.9 Å². The number of aromatic amines is 1. The van der Waals surface area contributed by atoms with Crippen LogP contribution in [0.4, 0.5) is 0 Å². The first-order valence-electron chi connectivity index (χ1n) is 12.4. The van der Waals surface area contributed by atoms with E-state index < -0.39 is 0 Å². The van der Waals surface area contributed by atoms with Crippen molar-refractivity contribution in [1.82, 2.24) is 15.1 Å². The van der Waals surface area contributed by atoms with Gasteiger partial charge in [0.25, 0.3) is 5.91 Å². The highest BCUT2D eigenvalue weighted by Gasteiger charge is 2.42. The van der Waals surface area contributed by atoms with E-state index in [1.807, 2.05) is 54.3 Å². The molecule has 0 saturated carbocycles. The lowest BCUT2D eigenvalue weighted by molar-refractivity contribution is 0.0722. The van der Waals surface area contributed by atoms with Crippen LogP contribution < -0.4 is 14.2 Å². The Morgan fingerprint density at radius 2 is 1.83 bits per heavy atom. The monoisotopic (exact) mass is 477 g/mol. The Kier molecular flexibility index (Phi) is 7.63. The molecule has 2 aromatic carbocycles. The fraction of sp³-hybridized carbons (Fsp3) is 0.429. The molecule has 7 nitrogen and oxygen atoms in total. The molecule has 0 bridgehead atoms. The molecule has 0 aliphatic carbocycles. The molecular weight excluding hydrogens is 442 g/mol. The zero-order valence-electron chi connectivity index (χ0n) is 21.3. The number of nitrogens with zero attached hydrogens (tertiary/aromatic N) is 2. The standard InChI is InChI=1S/C28H35N3O4/c1-6-8-15-35-22-14-11-20(16-23(22)34-7-2)27-24-25(19-9-12-21(33-5)13-10-19)29-30-26(24)28(32)31(27)17-18(3)4/h9-14,16,18,27H,6-8,15,17H2,1-5H3,(H,29,30). The molecule has 1 aliphatic rings. The maximum Gasteiger partial charge on any atom is 0.273 e. The Labute approximate surface area is 207 Å². The largest absolute Gasteiger partial charge is 0.497 e. The van der Waals surface area contributed by atoms with Crippen LogP contribution in [-0.4, -0.2) is 47.9 Å². The summed E-state index contributed by atoms with van der Waals surface area (Å²) in [7, 11) is 1.64. The Morgan fingerprint density at radius 3 is 2.49 bits per heavy atom. The van der Waals surface area contributed by atoms with E-state index in [0.717, 1.165) is 46.7 Å². The first-order chi connectivity index (χ1) is 17.0. The van der Waals surface area contributed by atoms with Crippen LogP contribution in [0.25, 0.3) is 11.3 Å². The number of carbonyl (C=O) groups is 1. The van der Waals surface area contributed by atoms with E-state index in [9.17, 15) is 4.79 Å². The van der Waals surface area contributed by atoms with Gasteiger partial charge in [0, 0.05) is 17.7 Å². The van der Waals surface area contributed by atoms with Crippen LogP contribution in [-0.2, 0) is 0 Å². The van der Waals surface area contributed by atoms with Crippen LogP contribution in [0.2, 0.25) is 0 Å². The van der Waals surface area contributed by atoms with Gasteiger partial charge in [0.05, 0.1) is 32.1 Å². The molecule has 35 heavy (non-hydrogen) atoms. The van der Waals surface area contributed by atoms with Crippen LogP contribution in [0.15, 0.2) is 42.5 Å². The highest BCUT2D eigenvalue weighted by Crippen LogP contribution is 2.45. The number of benzene rings is 2. The van der Waals surface area contributed by atoms with Crippen molar-refractivity contribution >= 4 is 5.91 Å². The number of carbonyl (C=O) groups excluding carboxylic acids is 1. The normalized spacial score (nSPS) is 15.0. The summed E-state index contributed by atoms with van der Waals surface area (Å²) in [6.45, 7) is 10.1. The molecule has 186 valence electrons. The van der Waals surface area contributed by atoms with E-state index in [1.54, 1.807) is 7.11 Å². The van der Waals surface area contributed by atoms with E-state index in [1.165, 1.54) is 0 Å². The summed E-state index contributed by atoms with van der Waals surface area (Å²) in [5, 5.41) is 7.58. The van der Waals surface area contributed by atoms with E-state index in [4.69, 9.17) is 14.2 Å². The van der Waals surface area contributed by atoms with Gasteiger partial charge in [-0.1, -0.05) is 33.3 Å². The molecule has 4 rings (SSSR count). The predicted octanol–water partition coefficient (Wildman–Crippen LogP) is 5.86. The zero-order chi connectivity index (χ0) is 24.9. The van der Waals surface area contributed by atoms with Crippen molar-refractivity contribution in [3.8, 4) is 28.5 Å². The number of H-pyrrole nitrogens is 1. The minimum Gasteiger partial charge on any atom is -0.497 e. The van der Waals surface area contributed by atoms with Gasteiger partial charge in [-0.05, 0) is 61.2 Å². The van der Waals surface area contributed by atoms with Crippen molar-refractivity contribution < 1.29 is 19.0 Å². The summed E-state index contributed by atoms with van der Waals surface area (Å²) < 4.78 is 17.3. The average Bonchev–Trinajstić information content (AvgIpc) is 3.39. The molecule has 1 atom stereocenters. The number of hydrogen-bond acceptors (Lipinski definition) is 5. The lowest BCUT2D eigenvalue weighted by Gasteiger charge is -2.28. The second kappa shape index (κ2) is 10.8. The number of amides is 1. The number of rotatable bonds is 11. The van der Waals surface area contributed by atoms with Gasteiger partial charge in [-0.3, -0.25) is 9.89 Å². The summed E-state index contributed by atoms with van der Waals surface area (Å²) in [4.78, 5) is 15.4. The molecular formula is C28H35N3O4. The number of unbranched alkanes of at least 4 members (excludes halogenated alkanes) is 1. The topological polar surface area (TPSA) is 76.7 Å². The lowest BCUT2D eigenvalue weighted by Crippen LogP contribution is -2.32. The maximum absolute atomic E-state index is 13.5. The summed E-state index contributed by atoms with van der Waals surface area (Å²) in [6.07, 6.45) is 2.05. The molecule has 1 aliphatic heterocycles. The molecule has 0 radical (unpaired) electrons. The molecule has 0 spiro atoms. The van der Waals surface area contributed by atoms with Crippen molar-refractivity contribution in [1.29, 1.82) is 0 Å². The summed E-state index contributed by atoms with van der Waals surface area (Å²) in [5.74, 6) is 2.47. The Morgan fingerprint density at radius 1 is 1.06 bits per heavy atom. The van der Waals surface area contributed by atoms with Crippen molar-refractivity contribution in [3.63, 3.8) is 0 Å². The average molecular weight is 478 g/mol. The van der Waals surface area contributed by atoms with E-state index >= 15 is 0 Å². The van der Waals surface area contributed by atoms with E-state index in [-0.39, 0.29) is 11.9 Å². The molecule has 2 heterocycles. The second-order valence-electron chi connectivity index (χ2n) is 9.18. The number of ether oxygens (including phenoxy) is 3. The summed E-state index contributed by atoms with van der Waals surface area (Å²) in [5.41, 5.74) is 4.11. The molecule has 0 saturated heterocycles. The van der Waals surface area contributed by atoms with Crippen LogP contribution in [0.3, 0.4) is 0 Å². The van der Waals surface area contributed by atoms with Gasteiger partial charge in [0.1, 0.15) is 11.4 Å². The highest BCUT2D eigenvalue weighted by atomic mass is 16.5. The van der Waals surface area contributed by atoms with Crippen LogP contribution in [0.5, 0.6) is 17.2 Å². The SMILES string of the molecule is CCCCOc1ccc(C2c3c(-c4ccc(OC)cc4)n[nH]c3C(=O)N2CC(C)C)cc1OCC. The summed E-state index contributed by atoms with van der Waals surface area (Å²) in [6, 6.07) is 13.5. The molecule has 1 amide bonds. The third-order valence-corrected chi connectivity index (χ3v) is 6.13. The van der Waals surface area contributed by atoms with Gasteiger partial charge in [-0.2, -0.15) is 5.10 Å². The van der Waals surface area contributed by atoms with Crippen LogP contribution in [0.1, 0.15) is 68.2 Å². The van der Waals surface area contributed by atoms with Gasteiger partial charge < -0.3 is 19.1 Å². The van der Waals surface area contributed by atoms with Crippen molar-refractivity contribution in [2.24, 2.45) is 5.92 Å². The first kappa shape index (κ1) is 24.6. The Bertz CT molecular complexity index is 1150. The number of aromatic nitrogens is 2. The molecule has 7 heteroatoms. The van der Waals surface area contributed by atoms with Gasteiger partial charge in [0.15, 0.2) is 11.5 Å². The fourth-order valence-electron chi connectivity index (χ4n) is 4.50. The minimum absolute atomic E-state index is 0.0350. The van der Waals surface area contributed by atoms with Gasteiger partial charge in [-0.15, -0.1) is 0 Å². The van der Waals surface area contributed by atoms with Crippen molar-refractivity contribution in [3.05, 3.63) is 59.3 Å². The van der Waals surface area contributed by atoms with Crippen LogP contribution in [0, 0.1) is 5.92 Å². The van der Waals surface area contributed by atoms with Gasteiger partial charge in [0.2, 0.25) is 0 Å². The zero-order valence-corrected chi connectivity index (χ0v) is 21.3. The number of nitrogens with one attached hydrogen (secondary N) is 1. The highest BCUT2D eigenvalue weighted by molar-refractivity contribution is 6.00.